The number of rotatable bonds is 13. The Kier molecular flexibility index (Phi) is 25.5. The molecule has 10 nitrogen and oxygen atoms in total. The summed E-state index contributed by atoms with van der Waals surface area (Å²) < 4.78 is 15.7. The first-order chi connectivity index (χ1) is 19.0. The molecule has 3 amide bonds. The van der Waals surface area contributed by atoms with Crippen molar-refractivity contribution in [3.8, 4) is 0 Å². The van der Waals surface area contributed by atoms with Gasteiger partial charge in [-0.3, -0.25) is 14.4 Å². The Morgan fingerprint density at radius 3 is 1.48 bits per heavy atom. The maximum absolute atomic E-state index is 12.9. The summed E-state index contributed by atoms with van der Waals surface area (Å²) in [5.41, 5.74) is 3.60. The molecule has 0 aromatic heterocycles. The molecule has 1 rings (SSSR count). The van der Waals surface area contributed by atoms with Crippen LogP contribution in [0.15, 0.2) is 12.2 Å². The van der Waals surface area contributed by atoms with Crippen molar-refractivity contribution >= 4 is 35.1 Å². The van der Waals surface area contributed by atoms with Gasteiger partial charge in [0.1, 0.15) is 6.61 Å². The number of hydrogen-bond acceptors (Lipinski definition) is 7. The summed E-state index contributed by atoms with van der Waals surface area (Å²) in [5, 5.41) is 8.31. The zero-order valence-corrected chi connectivity index (χ0v) is 26.8. The first-order valence-corrected chi connectivity index (χ1v) is 13.9. The lowest BCUT2D eigenvalue weighted by molar-refractivity contribution is -0.140. The Morgan fingerprint density at radius 1 is 0.675 bits per heavy atom. The van der Waals surface area contributed by atoms with E-state index in [-0.39, 0.29) is 48.4 Å². The summed E-state index contributed by atoms with van der Waals surface area (Å²) in [6, 6.07) is 0. The van der Waals surface area contributed by atoms with Crippen LogP contribution in [-0.2, 0) is 28.6 Å². The zero-order valence-electron chi connectivity index (χ0n) is 26.8. The van der Waals surface area contributed by atoms with E-state index in [1.807, 2.05) is 41.5 Å². The lowest BCUT2D eigenvalue weighted by Crippen LogP contribution is -2.30. The van der Waals surface area contributed by atoms with Gasteiger partial charge in [0.25, 0.3) is 5.91 Å². The van der Waals surface area contributed by atoms with E-state index < -0.39 is 5.97 Å². The van der Waals surface area contributed by atoms with E-state index in [2.05, 4.69) is 22.5 Å². The van der Waals surface area contributed by atoms with Gasteiger partial charge in [-0.2, -0.15) is 0 Å². The molecule has 0 fully saturated rings. The van der Waals surface area contributed by atoms with Gasteiger partial charge >= 0.3 is 5.97 Å². The topological polar surface area (TPSA) is 132 Å². The van der Waals surface area contributed by atoms with Gasteiger partial charge in [0.05, 0.1) is 26.4 Å². The highest BCUT2D eigenvalue weighted by Crippen LogP contribution is 2.35. The predicted octanol–water partition coefficient (Wildman–Crippen LogP) is 6.23. The van der Waals surface area contributed by atoms with Gasteiger partial charge in [0.2, 0.25) is 11.8 Å². The molecule has 1 aromatic carbocycles. The highest BCUT2D eigenvalue weighted by Gasteiger charge is 2.22. The van der Waals surface area contributed by atoms with Gasteiger partial charge in [0, 0.05) is 47.2 Å². The third-order valence-corrected chi connectivity index (χ3v) is 4.79. The molecule has 0 saturated heterocycles. The summed E-state index contributed by atoms with van der Waals surface area (Å²) in [6.45, 7) is 26.6. The zero-order chi connectivity index (χ0) is 31.8. The number of carbonyl (C=O) groups excluding carboxylic acids is 4. The lowest BCUT2D eigenvalue weighted by atomic mass is 9.93. The average Bonchev–Trinajstić information content (AvgIpc) is 2.93. The van der Waals surface area contributed by atoms with E-state index in [0.29, 0.717) is 52.4 Å². The van der Waals surface area contributed by atoms with Crippen molar-refractivity contribution in [1.82, 2.24) is 5.32 Å². The van der Waals surface area contributed by atoms with Crippen LogP contribution in [-0.4, -0.2) is 63.3 Å². The van der Waals surface area contributed by atoms with Crippen LogP contribution in [0.2, 0.25) is 0 Å². The molecule has 0 spiro atoms. The molecular formula is C30H59N3O7. The largest absolute Gasteiger partial charge is 0.460 e. The SMILES string of the molecule is C=C(C)C(=O)OCCOCCOCCNC(=O)c1c(C)c(NC(C)=O)c(C)c(NC(C)=O)c1C.CC.CC.CC.[HH].[HH].[HH]. The molecule has 0 aliphatic rings. The van der Waals surface area contributed by atoms with E-state index in [1.54, 1.807) is 27.7 Å². The Morgan fingerprint density at radius 2 is 1.07 bits per heavy atom. The summed E-state index contributed by atoms with van der Waals surface area (Å²) in [6.07, 6.45) is 0. The number of nitrogens with one attached hydrogen (secondary N) is 3. The smallest absolute Gasteiger partial charge is 0.333 e. The number of carbonyl (C=O) groups is 4. The second kappa shape index (κ2) is 24.8. The third kappa shape index (κ3) is 16.0. The highest BCUT2D eigenvalue weighted by molar-refractivity contribution is 6.05. The molecule has 1 aromatic rings. The minimum atomic E-state index is -0.456. The molecule has 0 radical (unpaired) electrons. The molecular weight excluding hydrogens is 514 g/mol. The summed E-state index contributed by atoms with van der Waals surface area (Å²) >= 11 is 0. The van der Waals surface area contributed by atoms with Crippen LogP contribution in [0.5, 0.6) is 0 Å². The van der Waals surface area contributed by atoms with Crippen molar-refractivity contribution in [1.29, 1.82) is 0 Å². The molecule has 0 heterocycles. The Hall–Kier alpha value is -3.24. The molecule has 3 N–H and O–H groups in total. The normalized spacial score (nSPS) is 9.30. The molecule has 0 aliphatic carbocycles. The van der Waals surface area contributed by atoms with Gasteiger partial charge in [-0.25, -0.2) is 4.79 Å². The fourth-order valence-electron chi connectivity index (χ4n) is 3.25. The minimum Gasteiger partial charge on any atom is -0.460 e. The van der Waals surface area contributed by atoms with Crippen LogP contribution in [0, 0.1) is 20.8 Å². The third-order valence-electron chi connectivity index (χ3n) is 4.79. The number of benzene rings is 1. The second-order valence-corrected chi connectivity index (χ2v) is 7.76. The summed E-state index contributed by atoms with van der Waals surface area (Å²) in [4.78, 5) is 47.5. The van der Waals surface area contributed by atoms with E-state index in [9.17, 15) is 19.2 Å². The second-order valence-electron chi connectivity index (χ2n) is 7.76. The van der Waals surface area contributed by atoms with Crippen LogP contribution in [0.25, 0.3) is 0 Å². The van der Waals surface area contributed by atoms with Crippen molar-refractivity contribution in [3.05, 3.63) is 34.4 Å². The standard InChI is InChI=1S/C24H35N3O7.3C2H6.3H2/c1-14(2)24(31)34-13-12-33-11-10-32-9-8-25-23(30)20-15(3)21(26-18(6)28)17(5)22(16(20)4)27-19(7)29;3*1-2;;;/h1,8-13H2,2-7H3,(H,25,30)(H,26,28)(H,27,29);3*1-2H3;3*1H. The molecule has 10 heteroatoms. The quantitative estimate of drug-likeness (QED) is 0.145. The monoisotopic (exact) mass is 573 g/mol. The van der Waals surface area contributed by atoms with Crippen molar-refractivity contribution in [3.63, 3.8) is 0 Å². The highest BCUT2D eigenvalue weighted by atomic mass is 16.6. The molecule has 0 bridgehead atoms. The van der Waals surface area contributed by atoms with E-state index >= 15 is 0 Å². The van der Waals surface area contributed by atoms with Crippen LogP contribution < -0.4 is 16.0 Å². The number of anilines is 2. The fourth-order valence-corrected chi connectivity index (χ4v) is 3.25. The van der Waals surface area contributed by atoms with E-state index in [4.69, 9.17) is 14.2 Å². The van der Waals surface area contributed by atoms with Gasteiger partial charge in [-0.1, -0.05) is 48.1 Å². The maximum Gasteiger partial charge on any atom is 0.333 e. The lowest BCUT2D eigenvalue weighted by Gasteiger charge is -2.22. The number of amides is 3. The molecule has 40 heavy (non-hydrogen) atoms. The molecule has 0 saturated carbocycles. The van der Waals surface area contributed by atoms with Gasteiger partial charge in [0.15, 0.2) is 0 Å². The van der Waals surface area contributed by atoms with E-state index in [1.165, 1.54) is 13.8 Å². The summed E-state index contributed by atoms with van der Waals surface area (Å²) in [5.74, 6) is -1.35. The number of ether oxygens (including phenoxy) is 3. The Balaban J connectivity index is -0.000000356. The van der Waals surface area contributed by atoms with E-state index in [0.717, 1.165) is 0 Å². The maximum atomic E-state index is 12.9. The van der Waals surface area contributed by atoms with Crippen LogP contribution in [0.4, 0.5) is 11.4 Å². The van der Waals surface area contributed by atoms with Crippen molar-refractivity contribution in [2.45, 2.75) is 83.1 Å². The fraction of sp³-hybridized carbons (Fsp3) is 0.600. The predicted molar refractivity (Wildman–Crippen MR) is 169 cm³/mol. The minimum absolute atomic E-state index is 0. The Labute approximate surface area is 246 Å². The Bertz CT molecular complexity index is 916. The number of hydrogen-bond donors (Lipinski definition) is 3. The van der Waals surface area contributed by atoms with Crippen LogP contribution >= 0.6 is 0 Å². The molecule has 0 aliphatic heterocycles. The first-order valence-electron chi connectivity index (χ1n) is 13.9. The molecule has 0 atom stereocenters. The summed E-state index contributed by atoms with van der Waals surface area (Å²) in [7, 11) is 0. The van der Waals surface area contributed by atoms with Crippen LogP contribution in [0.1, 0.15) is 93.6 Å². The number of esters is 1. The van der Waals surface area contributed by atoms with Crippen molar-refractivity contribution < 1.29 is 37.7 Å². The molecule has 0 unspecified atom stereocenters. The van der Waals surface area contributed by atoms with Crippen LogP contribution in [0.3, 0.4) is 0 Å². The van der Waals surface area contributed by atoms with Gasteiger partial charge in [-0.05, 0) is 44.4 Å². The van der Waals surface area contributed by atoms with Gasteiger partial charge in [-0.15, -0.1) is 0 Å². The van der Waals surface area contributed by atoms with Crippen molar-refractivity contribution in [2.24, 2.45) is 0 Å². The van der Waals surface area contributed by atoms with Crippen molar-refractivity contribution in [2.75, 3.05) is 50.2 Å². The van der Waals surface area contributed by atoms with Gasteiger partial charge < -0.3 is 30.2 Å². The molecule has 236 valence electrons. The first kappa shape index (κ1) is 41.2. The average molecular weight is 574 g/mol.